The molecule has 0 spiro atoms. The average Bonchev–Trinajstić information content (AvgIpc) is 1.87. The third kappa shape index (κ3) is 6.92. The van der Waals surface area contributed by atoms with Crippen LogP contribution in [0.5, 0.6) is 0 Å². The van der Waals surface area contributed by atoms with Crippen LogP contribution in [0.4, 0.5) is 0 Å². The van der Waals surface area contributed by atoms with Crippen molar-refractivity contribution in [3.8, 4) is 0 Å². The second kappa shape index (κ2) is 6.10. The summed E-state index contributed by atoms with van der Waals surface area (Å²) in [5.41, 5.74) is 0. The molecule has 0 nitrogen and oxygen atoms in total. The lowest BCUT2D eigenvalue weighted by Gasteiger charge is -2.13. The lowest BCUT2D eigenvalue weighted by molar-refractivity contribution is 0.766. The summed E-state index contributed by atoms with van der Waals surface area (Å²) in [7, 11) is 0. The smallest absolute Gasteiger partial charge is 0.146 e. The van der Waals surface area contributed by atoms with Gasteiger partial charge >= 0.3 is 0 Å². The first kappa shape index (κ1) is 11.5. The zero-order chi connectivity index (χ0) is 8.74. The molecule has 0 saturated heterocycles. The van der Waals surface area contributed by atoms with Crippen molar-refractivity contribution in [1.29, 1.82) is 0 Å². The normalized spacial score (nSPS) is 11.5. The SMILES string of the molecule is C=CC[Si](Cl)(Cl)CCCCC. The van der Waals surface area contributed by atoms with Crippen molar-refractivity contribution in [2.24, 2.45) is 0 Å². The van der Waals surface area contributed by atoms with E-state index in [-0.39, 0.29) is 0 Å². The molecule has 0 bridgehead atoms. The molecule has 11 heavy (non-hydrogen) atoms. The molecule has 0 atom stereocenters. The Hall–Kier alpha value is 0.537. The molecule has 0 fully saturated rings. The van der Waals surface area contributed by atoms with Gasteiger partial charge in [-0.25, -0.2) is 0 Å². The quantitative estimate of drug-likeness (QED) is 0.266. The maximum absolute atomic E-state index is 6.11. The van der Waals surface area contributed by atoms with Crippen LogP contribution in [-0.4, -0.2) is 6.69 Å². The summed E-state index contributed by atoms with van der Waals surface area (Å²) in [6, 6.07) is 1.83. The number of hydrogen-bond donors (Lipinski definition) is 0. The van der Waals surface area contributed by atoms with Gasteiger partial charge < -0.3 is 0 Å². The van der Waals surface area contributed by atoms with Crippen molar-refractivity contribution < 1.29 is 0 Å². The molecule has 0 rings (SSSR count). The van der Waals surface area contributed by atoms with Gasteiger partial charge in [0.15, 0.2) is 0 Å². The molecule has 3 heteroatoms. The molecule has 0 aromatic rings. The molecule has 0 aliphatic heterocycles. The summed E-state index contributed by atoms with van der Waals surface area (Å²) in [6.45, 7) is 3.91. The first-order valence-electron chi connectivity index (χ1n) is 4.11. The molecule has 0 aliphatic rings. The van der Waals surface area contributed by atoms with Gasteiger partial charge in [0, 0.05) is 0 Å². The molecule has 0 amide bonds. The van der Waals surface area contributed by atoms with Gasteiger partial charge in [-0.05, 0) is 12.1 Å². The van der Waals surface area contributed by atoms with Crippen LogP contribution in [0, 0.1) is 0 Å². The highest BCUT2D eigenvalue weighted by Gasteiger charge is 2.25. The lowest BCUT2D eigenvalue weighted by Crippen LogP contribution is -2.16. The van der Waals surface area contributed by atoms with E-state index < -0.39 is 6.69 Å². The summed E-state index contributed by atoms with van der Waals surface area (Å²) in [4.78, 5) is 0. The van der Waals surface area contributed by atoms with Crippen LogP contribution < -0.4 is 0 Å². The zero-order valence-corrected chi connectivity index (χ0v) is 9.59. The van der Waals surface area contributed by atoms with E-state index in [1.807, 2.05) is 6.08 Å². The van der Waals surface area contributed by atoms with E-state index in [0.29, 0.717) is 0 Å². The van der Waals surface area contributed by atoms with Crippen molar-refractivity contribution in [3.05, 3.63) is 12.7 Å². The van der Waals surface area contributed by atoms with E-state index in [0.717, 1.165) is 12.1 Å². The van der Waals surface area contributed by atoms with E-state index >= 15 is 0 Å². The van der Waals surface area contributed by atoms with Crippen LogP contribution in [-0.2, 0) is 0 Å². The molecule has 66 valence electrons. The molecule has 0 aromatic carbocycles. The zero-order valence-electron chi connectivity index (χ0n) is 7.08. The highest BCUT2D eigenvalue weighted by atomic mass is 35.7. The van der Waals surface area contributed by atoms with Crippen molar-refractivity contribution in [2.45, 2.75) is 38.3 Å². The lowest BCUT2D eigenvalue weighted by atomic mass is 10.3. The standard InChI is InChI=1S/C8H16Cl2Si/c1-3-5-6-8-11(9,10)7-4-2/h4H,2-3,5-8H2,1H3. The number of hydrogen-bond acceptors (Lipinski definition) is 0. The fraction of sp³-hybridized carbons (Fsp3) is 0.750. The minimum absolute atomic E-state index is 0.819. The Morgan fingerprint density at radius 1 is 1.36 bits per heavy atom. The molecular weight excluding hydrogens is 195 g/mol. The Bertz CT molecular complexity index is 113. The minimum atomic E-state index is -1.91. The first-order valence-corrected chi connectivity index (χ1v) is 8.55. The van der Waals surface area contributed by atoms with Gasteiger partial charge in [0.25, 0.3) is 6.69 Å². The fourth-order valence-corrected chi connectivity index (χ4v) is 3.80. The van der Waals surface area contributed by atoms with Crippen molar-refractivity contribution >= 4 is 28.9 Å². The van der Waals surface area contributed by atoms with Crippen molar-refractivity contribution in [3.63, 3.8) is 0 Å². The van der Waals surface area contributed by atoms with Gasteiger partial charge in [-0.1, -0.05) is 32.3 Å². The summed E-state index contributed by atoms with van der Waals surface area (Å²) in [5.74, 6) is 0. The molecular formula is C8H16Cl2Si. The molecule has 0 aromatic heterocycles. The van der Waals surface area contributed by atoms with Crippen LogP contribution in [0.25, 0.3) is 0 Å². The molecule has 0 aliphatic carbocycles. The second-order valence-electron chi connectivity index (χ2n) is 2.81. The third-order valence-electron chi connectivity index (χ3n) is 1.59. The predicted molar refractivity (Wildman–Crippen MR) is 56.8 cm³/mol. The van der Waals surface area contributed by atoms with Crippen molar-refractivity contribution in [1.82, 2.24) is 0 Å². The van der Waals surface area contributed by atoms with E-state index in [1.54, 1.807) is 0 Å². The second-order valence-corrected chi connectivity index (χ2v) is 10.3. The number of allylic oxidation sites excluding steroid dienone is 1. The highest BCUT2D eigenvalue weighted by molar-refractivity contribution is 7.45. The summed E-state index contributed by atoms with van der Waals surface area (Å²) >= 11 is 12.2. The molecule has 0 saturated carbocycles. The first-order chi connectivity index (χ1) is 5.12. The van der Waals surface area contributed by atoms with Gasteiger partial charge in [0.1, 0.15) is 0 Å². The molecule has 0 heterocycles. The van der Waals surface area contributed by atoms with E-state index in [4.69, 9.17) is 22.2 Å². The summed E-state index contributed by atoms with van der Waals surface area (Å²) in [6.07, 6.45) is 5.47. The average molecular weight is 211 g/mol. The van der Waals surface area contributed by atoms with Gasteiger partial charge in [0.2, 0.25) is 0 Å². The largest absolute Gasteiger partial charge is 0.254 e. The molecule has 0 N–H and O–H groups in total. The highest BCUT2D eigenvalue weighted by Crippen LogP contribution is 2.27. The van der Waals surface area contributed by atoms with E-state index in [2.05, 4.69) is 13.5 Å². The summed E-state index contributed by atoms with van der Waals surface area (Å²) < 4.78 is 0. The van der Waals surface area contributed by atoms with Gasteiger partial charge in [-0.2, -0.15) is 0 Å². The van der Waals surface area contributed by atoms with Crippen LogP contribution in [0.2, 0.25) is 12.1 Å². The predicted octanol–water partition coefficient (Wildman–Crippen LogP) is 4.28. The Kier molecular flexibility index (Phi) is 6.40. The van der Waals surface area contributed by atoms with Crippen LogP contribution >= 0.6 is 22.2 Å². The Labute approximate surface area is 80.0 Å². The van der Waals surface area contributed by atoms with Crippen LogP contribution in [0.1, 0.15) is 26.2 Å². The number of unbranched alkanes of at least 4 members (excludes halogenated alkanes) is 2. The van der Waals surface area contributed by atoms with Gasteiger partial charge in [-0.15, -0.1) is 28.7 Å². The van der Waals surface area contributed by atoms with Crippen molar-refractivity contribution in [2.75, 3.05) is 0 Å². The number of rotatable bonds is 6. The Balaban J connectivity index is 3.45. The monoisotopic (exact) mass is 210 g/mol. The maximum atomic E-state index is 6.11. The topological polar surface area (TPSA) is 0 Å². The van der Waals surface area contributed by atoms with Gasteiger partial charge in [-0.3, -0.25) is 0 Å². The molecule has 0 unspecified atom stereocenters. The number of halogens is 2. The Morgan fingerprint density at radius 2 is 2.00 bits per heavy atom. The summed E-state index contributed by atoms with van der Waals surface area (Å²) in [5, 5.41) is 0. The Morgan fingerprint density at radius 3 is 2.45 bits per heavy atom. The van der Waals surface area contributed by atoms with E-state index in [1.165, 1.54) is 19.3 Å². The third-order valence-corrected chi connectivity index (χ3v) is 5.62. The van der Waals surface area contributed by atoms with Gasteiger partial charge in [0.05, 0.1) is 0 Å². The maximum Gasteiger partial charge on any atom is 0.254 e. The van der Waals surface area contributed by atoms with Crippen LogP contribution in [0.15, 0.2) is 12.7 Å². The molecule has 0 radical (unpaired) electrons. The van der Waals surface area contributed by atoms with E-state index in [9.17, 15) is 0 Å². The van der Waals surface area contributed by atoms with Crippen LogP contribution in [0.3, 0.4) is 0 Å². The minimum Gasteiger partial charge on any atom is -0.146 e. The fourth-order valence-electron chi connectivity index (χ4n) is 0.947.